The van der Waals surface area contributed by atoms with E-state index >= 15 is 0 Å². The van der Waals surface area contributed by atoms with Gasteiger partial charge < -0.3 is 13.9 Å². The summed E-state index contributed by atoms with van der Waals surface area (Å²) in [6.07, 6.45) is -0.130. The maximum atomic E-state index is 5.44. The molecule has 0 amide bonds. The Hall–Kier alpha value is -0.800. The van der Waals surface area contributed by atoms with Crippen LogP contribution in [0.4, 0.5) is 0 Å². The van der Waals surface area contributed by atoms with E-state index in [1.54, 1.807) is 0 Å². The van der Waals surface area contributed by atoms with Gasteiger partial charge in [-0.1, -0.05) is 0 Å². The number of hydrogen-bond acceptors (Lipinski definition) is 3. The van der Waals surface area contributed by atoms with Crippen LogP contribution in [-0.4, -0.2) is 12.7 Å². The van der Waals surface area contributed by atoms with E-state index in [0.717, 1.165) is 11.5 Å². The zero-order chi connectivity index (χ0) is 8.55. The monoisotopic (exact) mass is 168 g/mol. The van der Waals surface area contributed by atoms with Gasteiger partial charge in [-0.3, -0.25) is 0 Å². The maximum absolute atomic E-state index is 5.44. The number of aryl methyl sites for hydroxylation is 1. The molecule has 0 bridgehead atoms. The van der Waals surface area contributed by atoms with E-state index in [4.69, 9.17) is 13.9 Å². The quantitative estimate of drug-likeness (QED) is 0.643. The van der Waals surface area contributed by atoms with Crippen LogP contribution in [0.15, 0.2) is 16.5 Å². The molecular weight excluding hydrogens is 156 g/mol. The van der Waals surface area contributed by atoms with Crippen LogP contribution in [0.3, 0.4) is 0 Å². The minimum Gasteiger partial charge on any atom is -0.461 e. The van der Waals surface area contributed by atoms with Crippen LogP contribution in [0.25, 0.3) is 0 Å². The fourth-order valence-electron chi connectivity index (χ4n) is 1.24. The van der Waals surface area contributed by atoms with Gasteiger partial charge in [-0.25, -0.2) is 0 Å². The van der Waals surface area contributed by atoms with Crippen molar-refractivity contribution in [2.24, 2.45) is 0 Å². The third kappa shape index (κ3) is 1.38. The molecular formula is C9H12O3. The number of hydrogen-bond donors (Lipinski definition) is 0. The summed E-state index contributed by atoms with van der Waals surface area (Å²) in [4.78, 5) is 0. The maximum Gasteiger partial charge on any atom is 0.217 e. The first kappa shape index (κ1) is 7.83. The van der Waals surface area contributed by atoms with Crippen LogP contribution in [0, 0.1) is 6.92 Å². The summed E-state index contributed by atoms with van der Waals surface area (Å²) in [5.74, 6) is 1.65. The molecule has 2 rings (SSSR count). The van der Waals surface area contributed by atoms with Crippen molar-refractivity contribution < 1.29 is 13.9 Å². The second kappa shape index (κ2) is 2.92. The second-order valence-electron chi connectivity index (χ2n) is 3.06. The lowest BCUT2D eigenvalue weighted by molar-refractivity contribution is -0.0714. The minimum absolute atomic E-state index is 0.167. The molecule has 0 aliphatic carbocycles. The van der Waals surface area contributed by atoms with Gasteiger partial charge in [0.05, 0.1) is 12.7 Å². The van der Waals surface area contributed by atoms with E-state index in [0.29, 0.717) is 6.61 Å². The lowest BCUT2D eigenvalue weighted by Gasteiger charge is -2.05. The van der Waals surface area contributed by atoms with E-state index in [-0.39, 0.29) is 12.4 Å². The number of ether oxygens (including phenoxy) is 2. The molecule has 66 valence electrons. The zero-order valence-electron chi connectivity index (χ0n) is 7.24. The Kier molecular flexibility index (Phi) is 1.90. The van der Waals surface area contributed by atoms with Crippen molar-refractivity contribution in [1.29, 1.82) is 0 Å². The number of furan rings is 1. The van der Waals surface area contributed by atoms with Crippen LogP contribution in [0.1, 0.15) is 24.7 Å². The van der Waals surface area contributed by atoms with Crippen molar-refractivity contribution >= 4 is 0 Å². The Balaban J connectivity index is 2.11. The molecule has 0 radical (unpaired) electrons. The smallest absolute Gasteiger partial charge is 0.217 e. The van der Waals surface area contributed by atoms with Crippen molar-refractivity contribution in [2.75, 3.05) is 6.61 Å². The summed E-state index contributed by atoms with van der Waals surface area (Å²) >= 11 is 0. The average molecular weight is 168 g/mol. The summed E-state index contributed by atoms with van der Waals surface area (Å²) in [7, 11) is 0. The Morgan fingerprint density at radius 3 is 2.75 bits per heavy atom. The van der Waals surface area contributed by atoms with Crippen LogP contribution < -0.4 is 0 Å². The van der Waals surface area contributed by atoms with Crippen molar-refractivity contribution in [3.05, 3.63) is 23.7 Å². The highest BCUT2D eigenvalue weighted by molar-refractivity contribution is 5.07. The highest BCUT2D eigenvalue weighted by Gasteiger charge is 2.26. The van der Waals surface area contributed by atoms with Crippen LogP contribution in [-0.2, 0) is 9.47 Å². The van der Waals surface area contributed by atoms with Crippen molar-refractivity contribution in [2.45, 2.75) is 26.2 Å². The van der Waals surface area contributed by atoms with Crippen molar-refractivity contribution in [3.63, 3.8) is 0 Å². The van der Waals surface area contributed by atoms with Crippen LogP contribution >= 0.6 is 0 Å². The normalized spacial score (nSPS) is 29.5. The Labute approximate surface area is 71.3 Å². The SMILES string of the molecule is Cc1ccc(C2OCC(C)O2)o1. The predicted molar refractivity (Wildman–Crippen MR) is 42.7 cm³/mol. The zero-order valence-corrected chi connectivity index (χ0v) is 7.24. The largest absolute Gasteiger partial charge is 0.461 e. The summed E-state index contributed by atoms with van der Waals surface area (Å²) < 4.78 is 16.2. The van der Waals surface area contributed by atoms with E-state index < -0.39 is 0 Å². The van der Waals surface area contributed by atoms with Crippen molar-refractivity contribution in [1.82, 2.24) is 0 Å². The lowest BCUT2D eigenvalue weighted by Crippen LogP contribution is -2.01. The summed E-state index contributed by atoms with van der Waals surface area (Å²) in [5.41, 5.74) is 0. The molecule has 0 aromatic carbocycles. The minimum atomic E-state index is -0.298. The fraction of sp³-hybridized carbons (Fsp3) is 0.556. The number of rotatable bonds is 1. The topological polar surface area (TPSA) is 31.6 Å². The Morgan fingerprint density at radius 2 is 2.25 bits per heavy atom. The molecule has 3 nitrogen and oxygen atoms in total. The molecule has 1 aliphatic heterocycles. The average Bonchev–Trinajstić information content (AvgIpc) is 2.58. The molecule has 1 fully saturated rings. The second-order valence-corrected chi connectivity index (χ2v) is 3.06. The summed E-state index contributed by atoms with van der Waals surface area (Å²) in [6, 6.07) is 3.79. The fourth-order valence-corrected chi connectivity index (χ4v) is 1.24. The van der Waals surface area contributed by atoms with E-state index in [1.165, 1.54) is 0 Å². The van der Waals surface area contributed by atoms with Crippen LogP contribution in [0.2, 0.25) is 0 Å². The van der Waals surface area contributed by atoms with Gasteiger partial charge in [0.1, 0.15) is 5.76 Å². The molecule has 2 heterocycles. The van der Waals surface area contributed by atoms with Gasteiger partial charge in [0, 0.05) is 0 Å². The first-order valence-corrected chi connectivity index (χ1v) is 4.09. The lowest BCUT2D eigenvalue weighted by atomic mass is 10.4. The molecule has 0 N–H and O–H groups in total. The van der Waals surface area contributed by atoms with E-state index in [2.05, 4.69) is 0 Å². The third-order valence-corrected chi connectivity index (χ3v) is 1.83. The predicted octanol–water partition coefficient (Wildman–Crippen LogP) is 2.02. The van der Waals surface area contributed by atoms with Gasteiger partial charge in [-0.15, -0.1) is 0 Å². The van der Waals surface area contributed by atoms with Gasteiger partial charge in [0.25, 0.3) is 0 Å². The molecule has 1 aromatic heterocycles. The first-order valence-electron chi connectivity index (χ1n) is 4.09. The molecule has 2 unspecified atom stereocenters. The summed E-state index contributed by atoms with van der Waals surface area (Å²) in [6.45, 7) is 4.53. The summed E-state index contributed by atoms with van der Waals surface area (Å²) in [5, 5.41) is 0. The molecule has 3 heteroatoms. The standard InChI is InChI=1S/C9H12O3/c1-6-3-4-8(11-6)9-10-5-7(2)12-9/h3-4,7,9H,5H2,1-2H3. The molecule has 1 saturated heterocycles. The molecule has 1 aromatic rings. The van der Waals surface area contributed by atoms with Crippen LogP contribution in [0.5, 0.6) is 0 Å². The highest BCUT2D eigenvalue weighted by atomic mass is 16.7. The molecule has 0 spiro atoms. The highest BCUT2D eigenvalue weighted by Crippen LogP contribution is 2.27. The van der Waals surface area contributed by atoms with Gasteiger partial charge in [-0.2, -0.15) is 0 Å². The van der Waals surface area contributed by atoms with E-state index in [9.17, 15) is 0 Å². The van der Waals surface area contributed by atoms with Gasteiger partial charge >= 0.3 is 0 Å². The first-order chi connectivity index (χ1) is 5.75. The van der Waals surface area contributed by atoms with E-state index in [1.807, 2.05) is 26.0 Å². The van der Waals surface area contributed by atoms with Gasteiger partial charge in [0.2, 0.25) is 6.29 Å². The molecule has 12 heavy (non-hydrogen) atoms. The molecule has 2 atom stereocenters. The van der Waals surface area contributed by atoms with Crippen molar-refractivity contribution in [3.8, 4) is 0 Å². The van der Waals surface area contributed by atoms with Gasteiger partial charge in [-0.05, 0) is 26.0 Å². The third-order valence-electron chi connectivity index (χ3n) is 1.83. The Bertz CT molecular complexity index is 266. The molecule has 1 aliphatic rings. The Morgan fingerprint density at radius 1 is 1.42 bits per heavy atom. The van der Waals surface area contributed by atoms with Gasteiger partial charge in [0.15, 0.2) is 5.76 Å². The molecule has 0 saturated carbocycles.